The van der Waals surface area contributed by atoms with E-state index in [0.29, 0.717) is 0 Å². The molecule has 0 atom stereocenters. The zero-order chi connectivity index (χ0) is 13.1. The summed E-state index contributed by atoms with van der Waals surface area (Å²) in [4.78, 5) is 3.50. The SMILES string of the molecule is N#CCc1ncc(O)c(CCl)c1OC(F)(F)F. The first-order chi connectivity index (χ1) is 7.89. The van der Waals surface area contributed by atoms with Crippen LogP contribution in [0, 0.1) is 11.3 Å². The molecule has 0 amide bonds. The molecule has 0 spiro atoms. The first-order valence-electron chi connectivity index (χ1n) is 4.27. The van der Waals surface area contributed by atoms with Crippen LogP contribution in [0.2, 0.25) is 0 Å². The van der Waals surface area contributed by atoms with Crippen LogP contribution < -0.4 is 4.74 Å². The zero-order valence-corrected chi connectivity index (χ0v) is 9.01. The van der Waals surface area contributed by atoms with Crippen molar-refractivity contribution < 1.29 is 23.0 Å². The molecular formula is C9H6ClF3N2O2. The molecule has 0 saturated carbocycles. The summed E-state index contributed by atoms with van der Waals surface area (Å²) in [6.07, 6.45) is -4.40. The van der Waals surface area contributed by atoms with E-state index in [4.69, 9.17) is 16.9 Å². The molecule has 0 aliphatic rings. The van der Waals surface area contributed by atoms with Gasteiger partial charge < -0.3 is 9.84 Å². The first kappa shape index (κ1) is 13.4. The van der Waals surface area contributed by atoms with E-state index in [-0.39, 0.29) is 17.7 Å². The summed E-state index contributed by atoms with van der Waals surface area (Å²) in [5.74, 6) is -1.62. The van der Waals surface area contributed by atoms with Crippen molar-refractivity contribution in [3.05, 3.63) is 17.5 Å². The molecule has 92 valence electrons. The molecule has 0 saturated heterocycles. The molecule has 0 aliphatic carbocycles. The molecule has 1 N–H and O–H groups in total. The van der Waals surface area contributed by atoms with Crippen molar-refractivity contribution in [3.63, 3.8) is 0 Å². The molecule has 4 nitrogen and oxygen atoms in total. The molecule has 0 aromatic carbocycles. The van der Waals surface area contributed by atoms with Gasteiger partial charge in [-0.3, -0.25) is 4.98 Å². The van der Waals surface area contributed by atoms with Crippen LogP contribution in [0.15, 0.2) is 6.20 Å². The van der Waals surface area contributed by atoms with Crippen molar-refractivity contribution in [2.75, 3.05) is 0 Å². The highest BCUT2D eigenvalue weighted by Gasteiger charge is 2.34. The molecule has 1 heterocycles. The van der Waals surface area contributed by atoms with Gasteiger partial charge in [-0.2, -0.15) is 5.26 Å². The quantitative estimate of drug-likeness (QED) is 0.854. The third-order valence-corrected chi connectivity index (χ3v) is 2.05. The Morgan fingerprint density at radius 1 is 1.53 bits per heavy atom. The van der Waals surface area contributed by atoms with Gasteiger partial charge in [0.05, 0.1) is 35.8 Å². The summed E-state index contributed by atoms with van der Waals surface area (Å²) in [6, 6.07) is 1.65. The van der Waals surface area contributed by atoms with Crippen LogP contribution >= 0.6 is 11.6 Å². The molecule has 1 rings (SSSR count). The fraction of sp³-hybridized carbons (Fsp3) is 0.333. The smallest absolute Gasteiger partial charge is 0.506 e. The molecule has 0 unspecified atom stereocenters. The van der Waals surface area contributed by atoms with E-state index in [2.05, 4.69) is 9.72 Å². The fourth-order valence-corrected chi connectivity index (χ4v) is 1.39. The molecule has 0 fully saturated rings. The van der Waals surface area contributed by atoms with Crippen molar-refractivity contribution in [3.8, 4) is 17.6 Å². The maximum atomic E-state index is 12.2. The van der Waals surface area contributed by atoms with Gasteiger partial charge in [0.25, 0.3) is 0 Å². The van der Waals surface area contributed by atoms with Crippen molar-refractivity contribution in [1.82, 2.24) is 4.98 Å². The molecule has 0 radical (unpaired) electrons. The zero-order valence-electron chi connectivity index (χ0n) is 8.25. The minimum atomic E-state index is -4.94. The third-order valence-electron chi connectivity index (χ3n) is 1.79. The molecule has 1 aromatic rings. The summed E-state index contributed by atoms with van der Waals surface area (Å²) in [7, 11) is 0. The summed E-state index contributed by atoms with van der Waals surface area (Å²) in [5.41, 5.74) is -0.470. The van der Waals surface area contributed by atoms with Gasteiger partial charge in [-0.1, -0.05) is 0 Å². The van der Waals surface area contributed by atoms with E-state index >= 15 is 0 Å². The first-order valence-corrected chi connectivity index (χ1v) is 4.81. The van der Waals surface area contributed by atoms with Gasteiger partial charge in [-0.05, 0) is 0 Å². The lowest BCUT2D eigenvalue weighted by Gasteiger charge is -2.15. The summed E-state index contributed by atoms with van der Waals surface area (Å²) < 4.78 is 40.2. The minimum absolute atomic E-state index is 0.224. The van der Waals surface area contributed by atoms with E-state index in [9.17, 15) is 18.3 Å². The largest absolute Gasteiger partial charge is 0.573 e. The minimum Gasteiger partial charge on any atom is -0.506 e. The van der Waals surface area contributed by atoms with Crippen LogP contribution in [0.25, 0.3) is 0 Å². The second-order valence-electron chi connectivity index (χ2n) is 2.91. The number of pyridine rings is 1. The van der Waals surface area contributed by atoms with Crippen LogP contribution in [0.5, 0.6) is 11.5 Å². The normalized spacial score (nSPS) is 11.0. The molecule has 17 heavy (non-hydrogen) atoms. The summed E-state index contributed by atoms with van der Waals surface area (Å²) >= 11 is 5.42. The highest BCUT2D eigenvalue weighted by Crippen LogP contribution is 2.35. The monoisotopic (exact) mass is 266 g/mol. The van der Waals surface area contributed by atoms with Crippen molar-refractivity contribution in [2.45, 2.75) is 18.7 Å². The molecule has 0 aliphatic heterocycles. The number of aromatic hydroxyl groups is 1. The Kier molecular flexibility index (Phi) is 4.02. The van der Waals surface area contributed by atoms with Crippen molar-refractivity contribution in [2.24, 2.45) is 0 Å². The highest BCUT2D eigenvalue weighted by molar-refractivity contribution is 6.17. The van der Waals surface area contributed by atoms with Crippen LogP contribution in [-0.4, -0.2) is 16.5 Å². The number of aromatic nitrogens is 1. The number of nitrogens with zero attached hydrogens (tertiary/aromatic N) is 2. The second-order valence-corrected chi connectivity index (χ2v) is 3.18. The lowest BCUT2D eigenvalue weighted by Crippen LogP contribution is -2.19. The van der Waals surface area contributed by atoms with E-state index < -0.39 is 23.7 Å². The van der Waals surface area contributed by atoms with Gasteiger partial charge in [0, 0.05) is 0 Å². The van der Waals surface area contributed by atoms with Gasteiger partial charge in [-0.25, -0.2) is 0 Å². The van der Waals surface area contributed by atoms with E-state index in [1.807, 2.05) is 0 Å². The molecule has 1 aromatic heterocycles. The van der Waals surface area contributed by atoms with Gasteiger partial charge in [-0.15, -0.1) is 24.8 Å². The van der Waals surface area contributed by atoms with Gasteiger partial charge in [0.1, 0.15) is 5.75 Å². The molecule has 8 heteroatoms. The van der Waals surface area contributed by atoms with Crippen LogP contribution in [0.4, 0.5) is 13.2 Å². The topological polar surface area (TPSA) is 66.1 Å². The number of hydrogen-bond donors (Lipinski definition) is 1. The fourth-order valence-electron chi connectivity index (χ4n) is 1.13. The van der Waals surface area contributed by atoms with Gasteiger partial charge in [0.15, 0.2) is 5.75 Å². The standard InChI is InChI=1S/C9H6ClF3N2O2/c10-3-5-7(16)4-15-6(1-2-14)8(5)17-9(11,12)13/h4,16H,1,3H2. The lowest BCUT2D eigenvalue weighted by molar-refractivity contribution is -0.275. The Morgan fingerprint density at radius 2 is 2.18 bits per heavy atom. The Labute approximate surface area is 99.2 Å². The Hall–Kier alpha value is -1.68. The second kappa shape index (κ2) is 5.10. The molecular weight excluding hydrogens is 261 g/mol. The average molecular weight is 267 g/mol. The number of halogens is 4. The maximum Gasteiger partial charge on any atom is 0.573 e. The Bertz CT molecular complexity index is 457. The summed E-state index contributed by atoms with van der Waals surface area (Å²) in [6.45, 7) is 0. The molecule has 0 bridgehead atoms. The van der Waals surface area contributed by atoms with Crippen molar-refractivity contribution in [1.29, 1.82) is 5.26 Å². The predicted octanol–water partition coefficient (Wildman–Crippen LogP) is 2.49. The van der Waals surface area contributed by atoms with Crippen molar-refractivity contribution >= 4 is 11.6 Å². The van der Waals surface area contributed by atoms with Crippen LogP contribution in [0.3, 0.4) is 0 Å². The van der Waals surface area contributed by atoms with Crippen LogP contribution in [0.1, 0.15) is 11.3 Å². The number of ether oxygens (including phenoxy) is 1. The van der Waals surface area contributed by atoms with Crippen LogP contribution in [-0.2, 0) is 12.3 Å². The number of rotatable bonds is 3. The number of alkyl halides is 4. The predicted molar refractivity (Wildman–Crippen MR) is 51.5 cm³/mol. The average Bonchev–Trinajstić information content (AvgIpc) is 2.21. The number of nitriles is 1. The van der Waals surface area contributed by atoms with E-state index in [1.54, 1.807) is 6.07 Å². The highest BCUT2D eigenvalue weighted by atomic mass is 35.5. The Balaban J connectivity index is 3.29. The van der Waals surface area contributed by atoms with E-state index in [1.165, 1.54) is 0 Å². The number of hydrogen-bond acceptors (Lipinski definition) is 4. The lowest BCUT2D eigenvalue weighted by atomic mass is 10.1. The van der Waals surface area contributed by atoms with E-state index in [0.717, 1.165) is 6.20 Å². The maximum absolute atomic E-state index is 12.2. The van der Waals surface area contributed by atoms with Gasteiger partial charge in [0.2, 0.25) is 0 Å². The Morgan fingerprint density at radius 3 is 2.65 bits per heavy atom. The summed E-state index contributed by atoms with van der Waals surface area (Å²) in [5, 5.41) is 17.8. The van der Waals surface area contributed by atoms with Gasteiger partial charge >= 0.3 is 6.36 Å². The third kappa shape index (κ3) is 3.39.